The lowest BCUT2D eigenvalue weighted by Gasteiger charge is -2.22. The molecule has 0 amide bonds. The molecule has 0 radical (unpaired) electrons. The Morgan fingerprint density at radius 2 is 2.25 bits per heavy atom. The minimum atomic E-state index is -0.937. The van der Waals surface area contributed by atoms with E-state index in [1.54, 1.807) is 11.8 Å². The van der Waals surface area contributed by atoms with Crippen LogP contribution in [-0.2, 0) is 4.79 Å². The quantitative estimate of drug-likeness (QED) is 0.843. The van der Waals surface area contributed by atoms with Crippen LogP contribution in [0, 0.1) is 0 Å². The number of nitrogens with two attached hydrogens (primary N) is 1. The van der Waals surface area contributed by atoms with E-state index in [4.69, 9.17) is 10.8 Å². The summed E-state index contributed by atoms with van der Waals surface area (Å²) >= 11 is 1.63. The number of thioether (sulfide) groups is 1. The first-order valence-electron chi connectivity index (χ1n) is 5.08. The molecule has 1 aliphatic heterocycles. The third kappa shape index (κ3) is 2.28. The Kier molecular flexibility index (Phi) is 3.31. The summed E-state index contributed by atoms with van der Waals surface area (Å²) in [6.45, 7) is 0. The fraction of sp³-hybridized carbons (Fsp3) is 0.250. The van der Waals surface area contributed by atoms with Crippen molar-refractivity contribution < 1.29 is 9.90 Å². The van der Waals surface area contributed by atoms with Gasteiger partial charge in [0.05, 0.1) is 0 Å². The maximum atomic E-state index is 10.7. The Balaban J connectivity index is 2.19. The Labute approximate surface area is 98.3 Å². The lowest BCUT2D eigenvalue weighted by Crippen LogP contribution is -2.31. The van der Waals surface area contributed by atoms with Crippen LogP contribution in [-0.4, -0.2) is 17.1 Å². The van der Waals surface area contributed by atoms with Gasteiger partial charge in [-0.05, 0) is 29.0 Å². The second-order valence-electron chi connectivity index (χ2n) is 3.74. The Morgan fingerprint density at radius 1 is 1.50 bits per heavy atom. The van der Waals surface area contributed by atoms with Gasteiger partial charge in [-0.15, -0.1) is 11.8 Å². The van der Waals surface area contributed by atoms with E-state index in [0.29, 0.717) is 6.42 Å². The Morgan fingerprint density at radius 3 is 3.00 bits per heavy atom. The molecule has 1 aromatic rings. The molecular weight excluding hydrogens is 222 g/mol. The summed E-state index contributed by atoms with van der Waals surface area (Å²) < 4.78 is 0. The van der Waals surface area contributed by atoms with Gasteiger partial charge in [0.1, 0.15) is 6.04 Å². The molecule has 1 aliphatic rings. The van der Waals surface area contributed by atoms with E-state index in [9.17, 15) is 4.79 Å². The molecule has 0 fully saturated rings. The molecular formula is C12H13NO2S. The second kappa shape index (κ2) is 4.72. The van der Waals surface area contributed by atoms with E-state index in [-0.39, 0.29) is 5.25 Å². The van der Waals surface area contributed by atoms with Crippen molar-refractivity contribution in [1.82, 2.24) is 0 Å². The van der Waals surface area contributed by atoms with E-state index >= 15 is 0 Å². The number of aliphatic carboxylic acids is 1. The molecule has 1 aromatic carbocycles. The highest BCUT2D eigenvalue weighted by Crippen LogP contribution is 2.39. The summed E-state index contributed by atoms with van der Waals surface area (Å²) in [7, 11) is 0. The van der Waals surface area contributed by atoms with Crippen LogP contribution in [0.5, 0.6) is 0 Å². The van der Waals surface area contributed by atoms with Crippen LogP contribution in [0.1, 0.15) is 22.8 Å². The molecule has 84 valence electrons. The van der Waals surface area contributed by atoms with Gasteiger partial charge < -0.3 is 10.8 Å². The Hall–Kier alpha value is -1.26. The molecule has 3 nitrogen and oxygen atoms in total. The number of carboxylic acid groups (broad SMARTS) is 1. The van der Waals surface area contributed by atoms with Gasteiger partial charge in [0.25, 0.3) is 0 Å². The molecule has 1 heterocycles. The number of carbonyl (C=O) groups is 1. The van der Waals surface area contributed by atoms with Crippen molar-refractivity contribution in [2.75, 3.05) is 0 Å². The summed E-state index contributed by atoms with van der Waals surface area (Å²) in [5, 5.41) is 11.0. The predicted octanol–water partition coefficient (Wildman–Crippen LogP) is 2.25. The number of rotatable bonds is 3. The average molecular weight is 235 g/mol. The number of carboxylic acids is 1. The first-order valence-corrected chi connectivity index (χ1v) is 6.02. The standard InChI is InChI=1S/C12H13NO2S/c13-10(12(14)15)7-11-9-4-2-1-3-8(9)5-6-16-11/h1-6,10-11H,7,13H2,(H,14,15)/t10-,11?/m0/s1. The zero-order valence-corrected chi connectivity index (χ0v) is 9.48. The highest BCUT2D eigenvalue weighted by molar-refractivity contribution is 8.02. The topological polar surface area (TPSA) is 63.3 Å². The fourth-order valence-electron chi connectivity index (χ4n) is 1.75. The highest BCUT2D eigenvalue weighted by atomic mass is 32.2. The van der Waals surface area contributed by atoms with Gasteiger partial charge in [-0.1, -0.05) is 24.3 Å². The predicted molar refractivity (Wildman–Crippen MR) is 66.0 cm³/mol. The van der Waals surface area contributed by atoms with E-state index in [2.05, 4.69) is 0 Å². The first kappa shape index (κ1) is 11.2. The van der Waals surface area contributed by atoms with Crippen molar-refractivity contribution in [2.45, 2.75) is 17.7 Å². The maximum Gasteiger partial charge on any atom is 0.320 e. The molecule has 1 unspecified atom stereocenters. The summed E-state index contributed by atoms with van der Waals surface area (Å²) in [6.07, 6.45) is 2.50. The van der Waals surface area contributed by atoms with Crippen LogP contribution in [0.4, 0.5) is 0 Å². The molecule has 0 bridgehead atoms. The molecule has 0 spiro atoms. The molecule has 16 heavy (non-hydrogen) atoms. The summed E-state index contributed by atoms with van der Waals surface area (Å²) in [4.78, 5) is 10.7. The van der Waals surface area contributed by atoms with E-state index in [1.807, 2.05) is 35.7 Å². The smallest absolute Gasteiger partial charge is 0.320 e. The lowest BCUT2D eigenvalue weighted by atomic mass is 9.99. The summed E-state index contributed by atoms with van der Waals surface area (Å²) in [5.74, 6) is -0.937. The summed E-state index contributed by atoms with van der Waals surface area (Å²) in [6, 6.07) is 7.22. The minimum Gasteiger partial charge on any atom is -0.480 e. The lowest BCUT2D eigenvalue weighted by molar-refractivity contribution is -0.138. The van der Waals surface area contributed by atoms with Gasteiger partial charge in [0.2, 0.25) is 0 Å². The largest absolute Gasteiger partial charge is 0.480 e. The van der Waals surface area contributed by atoms with Crippen LogP contribution in [0.25, 0.3) is 6.08 Å². The van der Waals surface area contributed by atoms with Crippen molar-refractivity contribution in [1.29, 1.82) is 0 Å². The fourth-order valence-corrected chi connectivity index (χ4v) is 2.85. The molecule has 3 N–H and O–H groups in total. The van der Waals surface area contributed by atoms with Gasteiger partial charge >= 0.3 is 5.97 Å². The van der Waals surface area contributed by atoms with Crippen LogP contribution in [0.2, 0.25) is 0 Å². The third-order valence-corrected chi connectivity index (χ3v) is 3.69. The van der Waals surface area contributed by atoms with E-state index in [0.717, 1.165) is 5.56 Å². The van der Waals surface area contributed by atoms with Gasteiger partial charge in [-0.25, -0.2) is 0 Å². The second-order valence-corrected chi connectivity index (χ2v) is 4.85. The highest BCUT2D eigenvalue weighted by Gasteiger charge is 2.23. The van der Waals surface area contributed by atoms with Crippen molar-refractivity contribution in [3.8, 4) is 0 Å². The SMILES string of the molecule is N[C@@H](CC1SC=Cc2ccccc21)C(=O)O. The van der Waals surface area contributed by atoms with E-state index in [1.165, 1.54) is 5.56 Å². The number of hydrogen-bond acceptors (Lipinski definition) is 3. The van der Waals surface area contributed by atoms with Crippen molar-refractivity contribution in [3.63, 3.8) is 0 Å². The van der Waals surface area contributed by atoms with Gasteiger partial charge in [0, 0.05) is 5.25 Å². The van der Waals surface area contributed by atoms with Crippen LogP contribution in [0.3, 0.4) is 0 Å². The summed E-state index contributed by atoms with van der Waals surface area (Å²) in [5.41, 5.74) is 7.90. The molecule has 0 aliphatic carbocycles. The molecule has 0 saturated heterocycles. The number of hydrogen-bond donors (Lipinski definition) is 2. The van der Waals surface area contributed by atoms with Crippen LogP contribution >= 0.6 is 11.8 Å². The zero-order chi connectivity index (χ0) is 11.5. The van der Waals surface area contributed by atoms with Crippen molar-refractivity contribution in [2.24, 2.45) is 5.73 Å². The molecule has 2 atom stereocenters. The van der Waals surface area contributed by atoms with Crippen LogP contribution in [0.15, 0.2) is 29.7 Å². The molecule has 2 rings (SSSR count). The van der Waals surface area contributed by atoms with Gasteiger partial charge in [-0.2, -0.15) is 0 Å². The number of benzene rings is 1. The minimum absolute atomic E-state index is 0.146. The van der Waals surface area contributed by atoms with Gasteiger partial charge in [0.15, 0.2) is 0 Å². The van der Waals surface area contributed by atoms with Crippen LogP contribution < -0.4 is 5.73 Å². The first-order chi connectivity index (χ1) is 7.68. The molecule has 0 saturated carbocycles. The van der Waals surface area contributed by atoms with Crippen molar-refractivity contribution in [3.05, 3.63) is 40.8 Å². The zero-order valence-electron chi connectivity index (χ0n) is 8.67. The van der Waals surface area contributed by atoms with E-state index < -0.39 is 12.0 Å². The molecule has 4 heteroatoms. The molecule has 0 aromatic heterocycles. The average Bonchev–Trinajstić information content (AvgIpc) is 2.29. The Bertz CT molecular complexity index is 431. The van der Waals surface area contributed by atoms with Gasteiger partial charge in [-0.3, -0.25) is 4.79 Å². The third-order valence-electron chi connectivity index (χ3n) is 2.62. The number of fused-ring (bicyclic) bond motifs is 1. The monoisotopic (exact) mass is 235 g/mol. The van der Waals surface area contributed by atoms with Crippen molar-refractivity contribution >= 4 is 23.8 Å². The normalized spacial score (nSPS) is 20.2. The maximum absolute atomic E-state index is 10.7.